The number of morpholine rings is 1. The first-order valence-corrected chi connectivity index (χ1v) is 11.6. The van der Waals surface area contributed by atoms with Crippen LogP contribution in [0.5, 0.6) is 0 Å². The van der Waals surface area contributed by atoms with E-state index in [0.29, 0.717) is 56.8 Å². The lowest BCUT2D eigenvalue weighted by atomic mass is 9.85. The van der Waals surface area contributed by atoms with Crippen LogP contribution in [-0.2, 0) is 21.8 Å². The second kappa shape index (κ2) is 9.80. The van der Waals surface area contributed by atoms with Gasteiger partial charge in [0.1, 0.15) is 5.82 Å². The van der Waals surface area contributed by atoms with Crippen molar-refractivity contribution in [2.75, 3.05) is 32.8 Å². The fourth-order valence-corrected chi connectivity index (χ4v) is 4.70. The standard InChI is InChI=1S/C21H28N6O3S/c1-14-17(6-7-27(19(14)28)21(29)26-8-10-30-11-9-26)18-23-20(25-24-18)31-13-16-4-2-15(12-22)3-5-16/h2-5,14,17H,6-13,22H2,1H3,(H,23,24,25). The second-order valence-electron chi connectivity index (χ2n) is 7.87. The lowest BCUT2D eigenvalue weighted by molar-refractivity contribution is -0.136. The summed E-state index contributed by atoms with van der Waals surface area (Å²) in [5.74, 6) is 0.891. The van der Waals surface area contributed by atoms with E-state index in [2.05, 4.69) is 27.3 Å². The number of piperidine rings is 1. The lowest BCUT2D eigenvalue weighted by Gasteiger charge is -2.37. The maximum atomic E-state index is 12.9. The van der Waals surface area contributed by atoms with Crippen molar-refractivity contribution in [1.82, 2.24) is 25.0 Å². The van der Waals surface area contributed by atoms with Gasteiger partial charge in [-0.1, -0.05) is 43.0 Å². The van der Waals surface area contributed by atoms with Gasteiger partial charge >= 0.3 is 6.03 Å². The molecule has 0 spiro atoms. The van der Waals surface area contributed by atoms with Crippen LogP contribution >= 0.6 is 11.8 Å². The fraction of sp³-hybridized carbons (Fsp3) is 0.524. The number of hydrogen-bond donors (Lipinski definition) is 2. The van der Waals surface area contributed by atoms with Crippen LogP contribution in [0.3, 0.4) is 0 Å². The van der Waals surface area contributed by atoms with E-state index in [1.165, 1.54) is 10.5 Å². The Balaban J connectivity index is 1.35. The molecule has 3 N–H and O–H groups in total. The molecule has 1 aromatic carbocycles. The number of amides is 3. The number of nitrogens with one attached hydrogen (secondary N) is 1. The van der Waals surface area contributed by atoms with Gasteiger partial charge in [0.05, 0.1) is 13.2 Å². The number of carbonyl (C=O) groups excluding carboxylic acids is 2. The summed E-state index contributed by atoms with van der Waals surface area (Å²) in [6, 6.07) is 7.96. The van der Waals surface area contributed by atoms with Gasteiger partial charge in [-0.25, -0.2) is 9.78 Å². The Morgan fingerprint density at radius 2 is 1.94 bits per heavy atom. The first kappa shape index (κ1) is 21.8. The van der Waals surface area contributed by atoms with Crippen molar-refractivity contribution in [2.45, 2.75) is 36.7 Å². The monoisotopic (exact) mass is 444 g/mol. The summed E-state index contributed by atoms with van der Waals surface area (Å²) >= 11 is 1.55. The van der Waals surface area contributed by atoms with E-state index in [0.717, 1.165) is 11.3 Å². The number of likely N-dealkylation sites (tertiary alicyclic amines) is 1. The highest BCUT2D eigenvalue weighted by Gasteiger charge is 2.40. The number of imide groups is 1. The van der Waals surface area contributed by atoms with E-state index < -0.39 is 0 Å². The highest BCUT2D eigenvalue weighted by Crippen LogP contribution is 2.33. The molecule has 2 unspecified atom stereocenters. The molecule has 10 heteroatoms. The van der Waals surface area contributed by atoms with Gasteiger partial charge in [-0.05, 0) is 17.5 Å². The van der Waals surface area contributed by atoms with Crippen LogP contribution in [0.1, 0.15) is 36.2 Å². The van der Waals surface area contributed by atoms with Gasteiger partial charge in [0.2, 0.25) is 11.1 Å². The molecule has 2 aromatic rings. The van der Waals surface area contributed by atoms with Gasteiger partial charge in [-0.15, -0.1) is 5.10 Å². The topological polar surface area (TPSA) is 117 Å². The summed E-state index contributed by atoms with van der Waals surface area (Å²) in [7, 11) is 0. The van der Waals surface area contributed by atoms with Crippen LogP contribution < -0.4 is 5.73 Å². The van der Waals surface area contributed by atoms with Gasteiger partial charge in [-0.3, -0.25) is 14.8 Å². The van der Waals surface area contributed by atoms with E-state index >= 15 is 0 Å². The molecule has 31 heavy (non-hydrogen) atoms. The molecule has 1 aromatic heterocycles. The summed E-state index contributed by atoms with van der Waals surface area (Å²) in [4.78, 5) is 33.4. The molecule has 0 radical (unpaired) electrons. The molecule has 166 valence electrons. The number of rotatable bonds is 5. The predicted molar refractivity (Wildman–Crippen MR) is 116 cm³/mol. The van der Waals surface area contributed by atoms with E-state index in [-0.39, 0.29) is 23.8 Å². The molecule has 2 saturated heterocycles. The molecular formula is C21H28N6O3S. The van der Waals surface area contributed by atoms with Gasteiger partial charge in [0.15, 0.2) is 0 Å². The van der Waals surface area contributed by atoms with Crippen LogP contribution in [0.2, 0.25) is 0 Å². The Morgan fingerprint density at radius 1 is 1.23 bits per heavy atom. The zero-order valence-corrected chi connectivity index (χ0v) is 18.4. The van der Waals surface area contributed by atoms with Gasteiger partial charge < -0.3 is 15.4 Å². The predicted octanol–water partition coefficient (Wildman–Crippen LogP) is 1.96. The van der Waals surface area contributed by atoms with Gasteiger partial charge in [-0.2, -0.15) is 0 Å². The highest BCUT2D eigenvalue weighted by atomic mass is 32.2. The molecule has 2 atom stereocenters. The summed E-state index contributed by atoms with van der Waals surface area (Å²) < 4.78 is 5.30. The summed E-state index contributed by atoms with van der Waals surface area (Å²) in [6.07, 6.45) is 0.669. The zero-order chi connectivity index (χ0) is 21.8. The van der Waals surface area contributed by atoms with Gasteiger partial charge in [0.25, 0.3) is 0 Å². The average Bonchev–Trinajstić information content (AvgIpc) is 3.28. The summed E-state index contributed by atoms with van der Waals surface area (Å²) in [6.45, 7) is 4.87. The number of aromatic amines is 1. The van der Waals surface area contributed by atoms with Crippen LogP contribution in [0, 0.1) is 5.92 Å². The highest BCUT2D eigenvalue weighted by molar-refractivity contribution is 7.98. The minimum absolute atomic E-state index is 0.0769. The van der Waals surface area contributed by atoms with E-state index in [1.54, 1.807) is 16.7 Å². The molecule has 2 aliphatic rings. The van der Waals surface area contributed by atoms with Crippen molar-refractivity contribution in [3.8, 4) is 0 Å². The largest absolute Gasteiger partial charge is 0.378 e. The Morgan fingerprint density at radius 3 is 2.65 bits per heavy atom. The Bertz CT molecular complexity index is 912. The Labute approximate surface area is 185 Å². The molecule has 2 aliphatic heterocycles. The van der Waals surface area contributed by atoms with Crippen molar-refractivity contribution >= 4 is 23.7 Å². The second-order valence-corrected chi connectivity index (χ2v) is 8.81. The third-order valence-electron chi connectivity index (χ3n) is 5.90. The molecular weight excluding hydrogens is 416 g/mol. The third kappa shape index (κ3) is 4.91. The zero-order valence-electron chi connectivity index (χ0n) is 17.6. The number of ether oxygens (including phenoxy) is 1. The molecule has 3 heterocycles. The van der Waals surface area contributed by atoms with Crippen LogP contribution in [0.15, 0.2) is 29.4 Å². The molecule has 0 aliphatic carbocycles. The van der Waals surface area contributed by atoms with E-state index in [4.69, 9.17) is 10.5 Å². The number of hydrogen-bond acceptors (Lipinski definition) is 7. The Kier molecular flexibility index (Phi) is 6.89. The number of nitrogens with zero attached hydrogens (tertiary/aromatic N) is 4. The van der Waals surface area contributed by atoms with Gasteiger partial charge in [0, 0.05) is 43.8 Å². The molecule has 0 saturated carbocycles. The number of aromatic nitrogens is 3. The van der Waals surface area contributed by atoms with Crippen molar-refractivity contribution in [3.63, 3.8) is 0 Å². The minimum Gasteiger partial charge on any atom is -0.378 e. The first-order valence-electron chi connectivity index (χ1n) is 10.6. The summed E-state index contributed by atoms with van der Waals surface area (Å²) in [5, 5.41) is 7.98. The third-order valence-corrected chi connectivity index (χ3v) is 6.81. The van der Waals surface area contributed by atoms with Crippen LogP contribution in [-0.4, -0.2) is 69.8 Å². The number of nitrogens with two attached hydrogens (primary N) is 1. The minimum atomic E-state index is -0.339. The molecule has 3 amide bonds. The van der Waals surface area contributed by atoms with E-state index in [1.807, 2.05) is 19.1 Å². The lowest BCUT2D eigenvalue weighted by Crippen LogP contribution is -2.54. The Hall–Kier alpha value is -2.43. The number of thioether (sulfide) groups is 1. The quantitative estimate of drug-likeness (QED) is 0.677. The number of benzene rings is 1. The van der Waals surface area contributed by atoms with E-state index in [9.17, 15) is 9.59 Å². The molecule has 0 bridgehead atoms. The molecule has 9 nitrogen and oxygen atoms in total. The van der Waals surface area contributed by atoms with Crippen molar-refractivity contribution in [3.05, 3.63) is 41.2 Å². The maximum absolute atomic E-state index is 12.9. The number of carbonyl (C=O) groups is 2. The first-order chi connectivity index (χ1) is 15.1. The van der Waals surface area contributed by atoms with Crippen molar-refractivity contribution < 1.29 is 14.3 Å². The van der Waals surface area contributed by atoms with Crippen molar-refractivity contribution in [2.24, 2.45) is 11.7 Å². The maximum Gasteiger partial charge on any atom is 0.326 e. The SMILES string of the molecule is CC1C(=O)N(C(=O)N2CCOCC2)CCC1c1nc(SCc2ccc(CN)cc2)n[nH]1. The molecule has 4 rings (SSSR count). The number of H-pyrrole nitrogens is 1. The van der Waals surface area contributed by atoms with Crippen LogP contribution in [0.4, 0.5) is 4.79 Å². The normalized spacial score (nSPS) is 22.1. The fourth-order valence-electron chi connectivity index (χ4n) is 3.94. The summed E-state index contributed by atoms with van der Waals surface area (Å²) in [5.41, 5.74) is 7.92. The average molecular weight is 445 g/mol. The molecule has 2 fully saturated rings. The number of urea groups is 1. The van der Waals surface area contributed by atoms with Crippen molar-refractivity contribution in [1.29, 1.82) is 0 Å². The smallest absolute Gasteiger partial charge is 0.326 e. The van der Waals surface area contributed by atoms with Crippen LogP contribution in [0.25, 0.3) is 0 Å².